The Morgan fingerprint density at radius 3 is 2.87 bits per heavy atom. The number of hydrogen-bond acceptors (Lipinski definition) is 5. The third-order valence-corrected chi connectivity index (χ3v) is 6.21. The molecule has 152 valence electrons. The van der Waals surface area contributed by atoms with Gasteiger partial charge in [-0.2, -0.15) is 0 Å². The van der Waals surface area contributed by atoms with E-state index >= 15 is 0 Å². The maximum atomic E-state index is 13.2. The monoisotopic (exact) mass is 483 g/mol. The quantitative estimate of drug-likeness (QED) is 0.586. The molecule has 6 nitrogen and oxygen atoms in total. The van der Waals surface area contributed by atoms with E-state index in [2.05, 4.69) is 26.2 Å². The number of aromatic nitrogens is 1. The summed E-state index contributed by atoms with van der Waals surface area (Å²) >= 11 is 4.86. The second-order valence-electron chi connectivity index (χ2n) is 6.55. The SMILES string of the molecule is COc1ccc(Br)cc1CNC(=O)CN1C(=O)c2ccccc2Sc2ncccc21. The average molecular weight is 484 g/mol. The van der Waals surface area contributed by atoms with Crippen LogP contribution in [0.1, 0.15) is 15.9 Å². The zero-order valence-corrected chi connectivity index (χ0v) is 18.5. The largest absolute Gasteiger partial charge is 0.496 e. The van der Waals surface area contributed by atoms with Crippen LogP contribution in [0.5, 0.6) is 5.75 Å². The van der Waals surface area contributed by atoms with Gasteiger partial charge in [0.15, 0.2) is 0 Å². The lowest BCUT2D eigenvalue weighted by Gasteiger charge is -2.22. The highest BCUT2D eigenvalue weighted by Gasteiger charge is 2.29. The molecule has 0 saturated carbocycles. The number of methoxy groups -OCH3 is 1. The van der Waals surface area contributed by atoms with E-state index in [0.29, 0.717) is 22.0 Å². The molecule has 2 amide bonds. The number of nitrogens with one attached hydrogen (secondary N) is 1. The maximum Gasteiger partial charge on any atom is 0.259 e. The smallest absolute Gasteiger partial charge is 0.259 e. The number of ether oxygens (including phenoxy) is 1. The van der Waals surface area contributed by atoms with E-state index in [1.54, 1.807) is 25.4 Å². The van der Waals surface area contributed by atoms with E-state index in [9.17, 15) is 9.59 Å². The molecule has 30 heavy (non-hydrogen) atoms. The second kappa shape index (κ2) is 8.89. The maximum absolute atomic E-state index is 13.2. The summed E-state index contributed by atoms with van der Waals surface area (Å²) in [5.74, 6) is 0.189. The third kappa shape index (κ3) is 4.20. The molecule has 1 aromatic heterocycles. The molecule has 0 bridgehead atoms. The number of pyridine rings is 1. The topological polar surface area (TPSA) is 71.5 Å². The molecule has 3 aromatic rings. The lowest BCUT2D eigenvalue weighted by atomic mass is 10.2. The molecule has 0 atom stereocenters. The predicted octanol–water partition coefficient (Wildman–Crippen LogP) is 4.28. The normalized spacial score (nSPS) is 12.6. The Labute approximate surface area is 186 Å². The molecule has 2 aromatic carbocycles. The van der Waals surface area contributed by atoms with Crippen LogP contribution in [0.4, 0.5) is 5.69 Å². The van der Waals surface area contributed by atoms with Gasteiger partial charge >= 0.3 is 0 Å². The zero-order chi connectivity index (χ0) is 21.1. The van der Waals surface area contributed by atoms with Gasteiger partial charge in [-0.05, 0) is 42.5 Å². The fourth-order valence-electron chi connectivity index (χ4n) is 3.19. The van der Waals surface area contributed by atoms with Crippen LogP contribution < -0.4 is 15.0 Å². The van der Waals surface area contributed by atoms with E-state index in [4.69, 9.17) is 4.74 Å². The van der Waals surface area contributed by atoms with Crippen LogP contribution in [0, 0.1) is 0 Å². The summed E-state index contributed by atoms with van der Waals surface area (Å²) < 4.78 is 6.25. The van der Waals surface area contributed by atoms with Gasteiger partial charge in [0.25, 0.3) is 5.91 Å². The minimum atomic E-state index is -0.274. The lowest BCUT2D eigenvalue weighted by Crippen LogP contribution is -2.40. The van der Waals surface area contributed by atoms with Gasteiger partial charge in [0.1, 0.15) is 17.3 Å². The van der Waals surface area contributed by atoms with Crippen molar-refractivity contribution in [3.63, 3.8) is 0 Å². The first kappa shape index (κ1) is 20.4. The summed E-state index contributed by atoms with van der Waals surface area (Å²) in [5.41, 5.74) is 2.02. The van der Waals surface area contributed by atoms with Gasteiger partial charge < -0.3 is 10.1 Å². The van der Waals surface area contributed by atoms with Gasteiger partial charge in [0.05, 0.1) is 18.4 Å². The standard InChI is InChI=1S/C22H18BrN3O3S/c1-29-18-9-8-15(23)11-14(18)12-25-20(27)13-26-17-6-4-10-24-21(17)30-19-7-3-2-5-16(19)22(26)28/h2-11H,12-13H2,1H3,(H,25,27). The number of benzene rings is 2. The molecule has 0 spiro atoms. The Morgan fingerprint density at radius 2 is 2.03 bits per heavy atom. The van der Waals surface area contributed by atoms with Crippen LogP contribution in [0.15, 0.2) is 75.2 Å². The predicted molar refractivity (Wildman–Crippen MR) is 119 cm³/mol. The molecular formula is C22H18BrN3O3S. The van der Waals surface area contributed by atoms with Crippen molar-refractivity contribution in [2.75, 3.05) is 18.6 Å². The Balaban J connectivity index is 1.57. The molecule has 0 radical (unpaired) electrons. The third-order valence-electron chi connectivity index (χ3n) is 4.63. The molecule has 4 rings (SSSR count). The highest BCUT2D eigenvalue weighted by Crippen LogP contribution is 2.39. The molecule has 0 aliphatic carbocycles. The van der Waals surface area contributed by atoms with Gasteiger partial charge in [-0.3, -0.25) is 14.5 Å². The van der Waals surface area contributed by atoms with Gasteiger partial charge in [0.2, 0.25) is 5.91 Å². The number of hydrogen-bond donors (Lipinski definition) is 1. The first-order valence-corrected chi connectivity index (χ1v) is 10.8. The number of carbonyl (C=O) groups excluding carboxylic acids is 2. The van der Waals surface area contributed by atoms with Crippen LogP contribution >= 0.6 is 27.7 Å². The number of anilines is 1. The summed E-state index contributed by atoms with van der Waals surface area (Å²) in [5, 5.41) is 3.57. The van der Waals surface area contributed by atoms with Crippen molar-refractivity contribution >= 4 is 45.2 Å². The molecule has 8 heteroatoms. The van der Waals surface area contributed by atoms with Crippen molar-refractivity contribution in [3.8, 4) is 5.75 Å². The van der Waals surface area contributed by atoms with E-state index < -0.39 is 0 Å². The summed E-state index contributed by atoms with van der Waals surface area (Å²) in [6, 6.07) is 16.5. The molecule has 2 heterocycles. The molecule has 0 saturated heterocycles. The van der Waals surface area contributed by atoms with E-state index in [0.717, 1.165) is 14.9 Å². The van der Waals surface area contributed by atoms with Crippen molar-refractivity contribution in [3.05, 3.63) is 76.4 Å². The first-order valence-electron chi connectivity index (χ1n) is 9.19. The first-order chi connectivity index (χ1) is 14.6. The van der Waals surface area contributed by atoms with E-state index in [1.165, 1.54) is 16.7 Å². The second-order valence-corrected chi connectivity index (χ2v) is 8.50. The van der Waals surface area contributed by atoms with Crippen molar-refractivity contribution < 1.29 is 14.3 Å². The number of fused-ring (bicyclic) bond motifs is 2. The molecule has 1 aliphatic rings. The number of rotatable bonds is 5. The van der Waals surface area contributed by atoms with Crippen LogP contribution in [-0.2, 0) is 11.3 Å². The van der Waals surface area contributed by atoms with Gasteiger partial charge in [-0.1, -0.05) is 39.8 Å². The zero-order valence-electron chi connectivity index (χ0n) is 16.1. The summed E-state index contributed by atoms with van der Waals surface area (Å²) in [7, 11) is 1.59. The Morgan fingerprint density at radius 1 is 1.20 bits per heavy atom. The summed E-state index contributed by atoms with van der Waals surface area (Å²) in [4.78, 5) is 32.7. The van der Waals surface area contributed by atoms with Gasteiger partial charge in [0, 0.05) is 27.7 Å². The number of amides is 2. The number of carbonyl (C=O) groups is 2. The molecule has 0 unspecified atom stereocenters. The Bertz CT molecular complexity index is 1120. The van der Waals surface area contributed by atoms with E-state index in [1.807, 2.05) is 42.5 Å². The van der Waals surface area contributed by atoms with Crippen molar-refractivity contribution in [2.24, 2.45) is 0 Å². The van der Waals surface area contributed by atoms with Crippen LogP contribution in [0.3, 0.4) is 0 Å². The van der Waals surface area contributed by atoms with Crippen molar-refractivity contribution in [1.29, 1.82) is 0 Å². The molecule has 1 N–H and O–H groups in total. The lowest BCUT2D eigenvalue weighted by molar-refractivity contribution is -0.119. The highest BCUT2D eigenvalue weighted by atomic mass is 79.9. The minimum Gasteiger partial charge on any atom is -0.496 e. The molecule has 1 aliphatic heterocycles. The van der Waals surface area contributed by atoms with Crippen LogP contribution in [0.25, 0.3) is 0 Å². The minimum absolute atomic E-state index is 0.108. The molecular weight excluding hydrogens is 466 g/mol. The van der Waals surface area contributed by atoms with Gasteiger partial charge in [-0.15, -0.1) is 0 Å². The summed E-state index contributed by atoms with van der Waals surface area (Å²) in [6.45, 7) is 0.178. The fourth-order valence-corrected chi connectivity index (χ4v) is 4.62. The summed E-state index contributed by atoms with van der Waals surface area (Å²) in [6.07, 6.45) is 1.68. The Kier molecular flexibility index (Phi) is 6.06. The fraction of sp³-hybridized carbons (Fsp3) is 0.136. The molecule has 0 fully saturated rings. The number of nitrogens with zero attached hydrogens (tertiary/aromatic N) is 2. The average Bonchev–Trinajstić information content (AvgIpc) is 2.87. The van der Waals surface area contributed by atoms with Crippen molar-refractivity contribution in [1.82, 2.24) is 10.3 Å². The van der Waals surface area contributed by atoms with E-state index in [-0.39, 0.29) is 24.9 Å². The number of halogens is 1. The van der Waals surface area contributed by atoms with Crippen molar-refractivity contribution in [2.45, 2.75) is 16.5 Å². The Hall–Kier alpha value is -2.84. The van der Waals surface area contributed by atoms with Crippen LogP contribution in [0.2, 0.25) is 0 Å². The van der Waals surface area contributed by atoms with Gasteiger partial charge in [-0.25, -0.2) is 4.98 Å². The highest BCUT2D eigenvalue weighted by molar-refractivity contribution is 9.10. The van der Waals surface area contributed by atoms with Crippen LogP contribution in [-0.4, -0.2) is 30.5 Å².